The van der Waals surface area contributed by atoms with E-state index in [0.29, 0.717) is 12.6 Å². The molecule has 22 heavy (non-hydrogen) atoms. The summed E-state index contributed by atoms with van der Waals surface area (Å²) in [5.41, 5.74) is 2.85. The molecule has 0 aliphatic heterocycles. The van der Waals surface area contributed by atoms with Crippen LogP contribution in [0, 0.1) is 12.3 Å². The third-order valence-corrected chi connectivity index (χ3v) is 5.27. The number of benzene rings is 2. The molecule has 0 amide bonds. The molecule has 2 aromatic rings. The minimum absolute atomic E-state index is 0.375. The highest BCUT2D eigenvalue weighted by atomic mass is 35.5. The van der Waals surface area contributed by atoms with Crippen molar-refractivity contribution in [3.05, 3.63) is 58.6 Å². The van der Waals surface area contributed by atoms with E-state index in [9.17, 15) is 0 Å². The lowest BCUT2D eigenvalue weighted by molar-refractivity contribution is 0.479. The van der Waals surface area contributed by atoms with E-state index in [2.05, 4.69) is 35.5 Å². The minimum Gasteiger partial charge on any atom is -0.299 e. The summed E-state index contributed by atoms with van der Waals surface area (Å²) in [6.45, 7) is 0.621. The lowest BCUT2D eigenvalue weighted by Crippen LogP contribution is -2.25. The van der Waals surface area contributed by atoms with Gasteiger partial charge in [0, 0.05) is 20.9 Å². The fourth-order valence-electron chi connectivity index (χ4n) is 2.96. The Hall–Kier alpha value is -1.40. The Morgan fingerprint density at radius 1 is 1.27 bits per heavy atom. The van der Waals surface area contributed by atoms with Gasteiger partial charge in [-0.25, -0.2) is 0 Å². The molecule has 3 heteroatoms. The van der Waals surface area contributed by atoms with Crippen molar-refractivity contribution in [2.24, 2.45) is 0 Å². The van der Waals surface area contributed by atoms with Crippen LogP contribution < -0.4 is 5.32 Å². The summed E-state index contributed by atoms with van der Waals surface area (Å²) in [7, 11) is 0. The van der Waals surface area contributed by atoms with Crippen LogP contribution in [0.15, 0.2) is 52.3 Å². The highest BCUT2D eigenvalue weighted by Crippen LogP contribution is 2.39. The molecule has 0 heterocycles. The predicted octanol–water partition coefficient (Wildman–Crippen LogP) is 5.09. The second-order valence-corrected chi connectivity index (χ2v) is 6.96. The molecule has 0 spiro atoms. The van der Waals surface area contributed by atoms with Crippen molar-refractivity contribution < 1.29 is 0 Å². The van der Waals surface area contributed by atoms with Gasteiger partial charge in [0.1, 0.15) is 0 Å². The molecule has 0 radical (unpaired) electrons. The fourth-order valence-corrected chi connectivity index (χ4v) is 4.29. The van der Waals surface area contributed by atoms with E-state index in [1.54, 1.807) is 11.8 Å². The van der Waals surface area contributed by atoms with Crippen LogP contribution in [0.3, 0.4) is 0 Å². The van der Waals surface area contributed by atoms with Crippen molar-refractivity contribution >= 4 is 23.4 Å². The highest BCUT2D eigenvalue weighted by molar-refractivity contribution is 7.99. The zero-order valence-corrected chi connectivity index (χ0v) is 13.9. The SMILES string of the molecule is C#CCNC1CCCc2c(Sc3cccc(Cl)c3)cccc21. The van der Waals surface area contributed by atoms with E-state index in [1.165, 1.54) is 27.3 Å². The van der Waals surface area contributed by atoms with Crippen LogP contribution in [0.5, 0.6) is 0 Å². The quantitative estimate of drug-likeness (QED) is 0.785. The van der Waals surface area contributed by atoms with Crippen LogP contribution in [0.2, 0.25) is 5.02 Å². The van der Waals surface area contributed by atoms with Gasteiger partial charge in [0.05, 0.1) is 6.54 Å². The predicted molar refractivity (Wildman–Crippen MR) is 94.5 cm³/mol. The van der Waals surface area contributed by atoms with Crippen LogP contribution in [0.25, 0.3) is 0 Å². The van der Waals surface area contributed by atoms with E-state index >= 15 is 0 Å². The van der Waals surface area contributed by atoms with Crippen LogP contribution in [-0.2, 0) is 6.42 Å². The standard InChI is InChI=1S/C19H18ClNS/c1-2-12-21-18-10-4-9-17-16(18)8-5-11-19(17)22-15-7-3-6-14(20)13-15/h1,3,5-8,11,13,18,21H,4,9-10,12H2. The van der Waals surface area contributed by atoms with Gasteiger partial charge in [-0.05, 0) is 54.7 Å². The summed E-state index contributed by atoms with van der Waals surface area (Å²) in [6.07, 6.45) is 8.86. The van der Waals surface area contributed by atoms with Gasteiger partial charge in [0.2, 0.25) is 0 Å². The zero-order chi connectivity index (χ0) is 15.4. The first-order valence-electron chi connectivity index (χ1n) is 7.50. The molecule has 2 aromatic carbocycles. The Kier molecular flexibility index (Phi) is 5.10. The first-order valence-corrected chi connectivity index (χ1v) is 8.69. The number of halogens is 1. The molecule has 0 fully saturated rings. The van der Waals surface area contributed by atoms with Gasteiger partial charge in [-0.15, -0.1) is 6.42 Å². The molecule has 1 nitrogen and oxygen atoms in total. The fraction of sp³-hybridized carbons (Fsp3) is 0.263. The van der Waals surface area contributed by atoms with Gasteiger partial charge >= 0.3 is 0 Å². The molecule has 0 saturated heterocycles. The van der Waals surface area contributed by atoms with Gasteiger partial charge in [-0.3, -0.25) is 5.32 Å². The maximum absolute atomic E-state index is 6.09. The maximum atomic E-state index is 6.09. The van der Waals surface area contributed by atoms with Crippen LogP contribution in [-0.4, -0.2) is 6.54 Å². The summed E-state index contributed by atoms with van der Waals surface area (Å²) < 4.78 is 0. The van der Waals surface area contributed by atoms with Gasteiger partial charge in [-0.1, -0.05) is 47.5 Å². The number of terminal acetylenes is 1. The highest BCUT2D eigenvalue weighted by Gasteiger charge is 2.21. The first-order chi connectivity index (χ1) is 10.8. The average molecular weight is 328 g/mol. The van der Waals surface area contributed by atoms with E-state index in [-0.39, 0.29) is 0 Å². The van der Waals surface area contributed by atoms with E-state index in [4.69, 9.17) is 18.0 Å². The molecule has 1 unspecified atom stereocenters. The van der Waals surface area contributed by atoms with Gasteiger partial charge in [0.15, 0.2) is 0 Å². The monoisotopic (exact) mass is 327 g/mol. The summed E-state index contributed by atoms with van der Waals surface area (Å²) in [4.78, 5) is 2.51. The number of hydrogen-bond donors (Lipinski definition) is 1. The van der Waals surface area contributed by atoms with E-state index in [1.807, 2.05) is 18.2 Å². The largest absolute Gasteiger partial charge is 0.299 e. The Morgan fingerprint density at radius 2 is 2.14 bits per heavy atom. The van der Waals surface area contributed by atoms with Gasteiger partial charge in [-0.2, -0.15) is 0 Å². The number of nitrogens with one attached hydrogen (secondary N) is 1. The van der Waals surface area contributed by atoms with Crippen molar-refractivity contribution in [3.8, 4) is 12.3 Å². The molecule has 0 aromatic heterocycles. The summed E-state index contributed by atoms with van der Waals surface area (Å²) >= 11 is 7.88. The van der Waals surface area contributed by atoms with Crippen molar-refractivity contribution in [1.82, 2.24) is 5.32 Å². The van der Waals surface area contributed by atoms with Crippen molar-refractivity contribution in [1.29, 1.82) is 0 Å². The molecule has 0 bridgehead atoms. The second kappa shape index (κ2) is 7.24. The second-order valence-electron chi connectivity index (χ2n) is 5.41. The average Bonchev–Trinajstić information content (AvgIpc) is 2.53. The molecule has 1 aliphatic carbocycles. The third-order valence-electron chi connectivity index (χ3n) is 3.94. The number of rotatable bonds is 4. The molecule has 3 rings (SSSR count). The summed E-state index contributed by atoms with van der Waals surface area (Å²) in [5, 5.41) is 4.24. The van der Waals surface area contributed by atoms with Gasteiger partial charge in [0.25, 0.3) is 0 Å². The van der Waals surface area contributed by atoms with Crippen molar-refractivity contribution in [3.63, 3.8) is 0 Å². The zero-order valence-electron chi connectivity index (χ0n) is 12.3. The number of fused-ring (bicyclic) bond motifs is 1. The Balaban J connectivity index is 1.89. The Bertz CT molecular complexity index is 705. The first kappa shape index (κ1) is 15.5. The molecule has 1 N–H and O–H groups in total. The molecule has 1 aliphatic rings. The maximum Gasteiger partial charge on any atom is 0.0578 e. The van der Waals surface area contributed by atoms with Crippen LogP contribution >= 0.6 is 23.4 Å². The van der Waals surface area contributed by atoms with Crippen LogP contribution in [0.1, 0.15) is 30.0 Å². The smallest absolute Gasteiger partial charge is 0.0578 e. The van der Waals surface area contributed by atoms with Gasteiger partial charge < -0.3 is 0 Å². The molecule has 1 atom stereocenters. The lowest BCUT2D eigenvalue weighted by atomic mass is 9.87. The molecular weight excluding hydrogens is 310 g/mol. The van der Waals surface area contributed by atoms with Crippen molar-refractivity contribution in [2.45, 2.75) is 35.1 Å². The van der Waals surface area contributed by atoms with Crippen molar-refractivity contribution in [2.75, 3.05) is 6.54 Å². The normalized spacial score (nSPS) is 16.8. The number of hydrogen-bond acceptors (Lipinski definition) is 2. The molecule has 112 valence electrons. The van der Waals surface area contributed by atoms with E-state index < -0.39 is 0 Å². The lowest BCUT2D eigenvalue weighted by Gasteiger charge is -2.27. The Morgan fingerprint density at radius 3 is 2.95 bits per heavy atom. The molecular formula is C19H18ClNS. The summed E-state index contributed by atoms with van der Waals surface area (Å²) in [6, 6.07) is 15.0. The topological polar surface area (TPSA) is 12.0 Å². The third kappa shape index (κ3) is 3.50. The Labute approximate surface area is 141 Å². The van der Waals surface area contributed by atoms with Crippen LogP contribution in [0.4, 0.5) is 0 Å². The summed E-state index contributed by atoms with van der Waals surface area (Å²) in [5.74, 6) is 2.68. The van der Waals surface area contributed by atoms with E-state index in [0.717, 1.165) is 17.9 Å². The molecule has 0 saturated carbocycles. The minimum atomic E-state index is 0.375.